The number of hydrogen-bond donors (Lipinski definition) is 1. The summed E-state index contributed by atoms with van der Waals surface area (Å²) in [7, 11) is 0. The Bertz CT molecular complexity index is 127. The molecule has 0 unspecified atom stereocenters. The summed E-state index contributed by atoms with van der Waals surface area (Å²) in [5.41, 5.74) is 0. The predicted molar refractivity (Wildman–Crippen MR) is 45.3 cm³/mol. The van der Waals surface area contributed by atoms with Gasteiger partial charge in [0.25, 0.3) is 0 Å². The molecule has 2 fully saturated rings. The fourth-order valence-electron chi connectivity index (χ4n) is 3.08. The average Bonchev–Trinajstić information content (AvgIpc) is 2.47. The molecule has 2 aliphatic carbocycles. The summed E-state index contributed by atoms with van der Waals surface area (Å²) in [6.07, 6.45) is 8.40. The highest BCUT2D eigenvalue weighted by Crippen LogP contribution is 2.45. The van der Waals surface area contributed by atoms with Crippen molar-refractivity contribution in [2.75, 3.05) is 6.61 Å². The first-order valence-corrected chi connectivity index (χ1v) is 5.02. The molecule has 1 nitrogen and oxygen atoms in total. The van der Waals surface area contributed by atoms with Crippen LogP contribution in [0, 0.1) is 17.8 Å². The van der Waals surface area contributed by atoms with E-state index >= 15 is 0 Å². The summed E-state index contributed by atoms with van der Waals surface area (Å²) in [5, 5.41) is 9.10. The lowest BCUT2D eigenvalue weighted by Gasteiger charge is -2.28. The SMILES string of the molecule is OC[C@@H]1CC[C@@H]2CCCC[C@@H]21. The smallest absolute Gasteiger partial charge is 0.0462 e. The summed E-state index contributed by atoms with van der Waals surface area (Å²) in [6.45, 7) is 0.446. The van der Waals surface area contributed by atoms with E-state index in [2.05, 4.69) is 0 Å². The van der Waals surface area contributed by atoms with E-state index < -0.39 is 0 Å². The van der Waals surface area contributed by atoms with Crippen LogP contribution in [0.25, 0.3) is 0 Å². The second kappa shape index (κ2) is 3.14. The number of hydrogen-bond acceptors (Lipinski definition) is 1. The summed E-state index contributed by atoms with van der Waals surface area (Å²) >= 11 is 0. The Kier molecular flexibility index (Phi) is 2.17. The second-order valence-corrected chi connectivity index (χ2v) is 4.23. The zero-order valence-corrected chi connectivity index (χ0v) is 7.13. The van der Waals surface area contributed by atoms with E-state index in [-0.39, 0.29) is 0 Å². The van der Waals surface area contributed by atoms with Crippen LogP contribution in [0.15, 0.2) is 0 Å². The number of rotatable bonds is 1. The van der Waals surface area contributed by atoms with Gasteiger partial charge in [-0.1, -0.05) is 19.3 Å². The van der Waals surface area contributed by atoms with Crippen LogP contribution in [-0.2, 0) is 0 Å². The standard InChI is InChI=1S/C10H18O/c11-7-9-6-5-8-3-1-2-4-10(8)9/h8-11H,1-7H2/t8-,9-,10-/m0/s1. The molecule has 2 aliphatic rings. The van der Waals surface area contributed by atoms with Crippen LogP contribution >= 0.6 is 0 Å². The van der Waals surface area contributed by atoms with Crippen molar-refractivity contribution < 1.29 is 5.11 Å². The Hall–Kier alpha value is -0.0400. The second-order valence-electron chi connectivity index (χ2n) is 4.23. The van der Waals surface area contributed by atoms with E-state index in [0.717, 1.165) is 11.8 Å². The highest BCUT2D eigenvalue weighted by molar-refractivity contribution is 4.86. The molecule has 0 radical (unpaired) electrons. The molecular formula is C10H18O. The third-order valence-corrected chi connectivity index (χ3v) is 3.72. The fraction of sp³-hybridized carbons (Fsp3) is 1.00. The van der Waals surface area contributed by atoms with Crippen molar-refractivity contribution in [1.29, 1.82) is 0 Å². The Balaban J connectivity index is 1.98. The minimum atomic E-state index is 0.446. The third-order valence-electron chi connectivity index (χ3n) is 3.72. The van der Waals surface area contributed by atoms with Gasteiger partial charge in [-0.15, -0.1) is 0 Å². The van der Waals surface area contributed by atoms with E-state index in [1.54, 1.807) is 0 Å². The van der Waals surface area contributed by atoms with Gasteiger partial charge in [0.05, 0.1) is 0 Å². The molecule has 0 aromatic rings. The topological polar surface area (TPSA) is 20.2 Å². The fourth-order valence-corrected chi connectivity index (χ4v) is 3.08. The van der Waals surface area contributed by atoms with Crippen LogP contribution in [0.4, 0.5) is 0 Å². The largest absolute Gasteiger partial charge is 0.396 e. The monoisotopic (exact) mass is 154 g/mol. The van der Waals surface area contributed by atoms with Crippen molar-refractivity contribution in [1.82, 2.24) is 0 Å². The molecule has 0 bridgehead atoms. The average molecular weight is 154 g/mol. The molecule has 0 heterocycles. The van der Waals surface area contributed by atoms with Gasteiger partial charge in [-0.05, 0) is 37.0 Å². The van der Waals surface area contributed by atoms with Crippen molar-refractivity contribution in [2.24, 2.45) is 17.8 Å². The first-order valence-electron chi connectivity index (χ1n) is 5.02. The van der Waals surface area contributed by atoms with Gasteiger partial charge < -0.3 is 5.11 Å². The van der Waals surface area contributed by atoms with Gasteiger partial charge in [0.1, 0.15) is 0 Å². The maximum Gasteiger partial charge on any atom is 0.0462 e. The summed E-state index contributed by atoms with van der Waals surface area (Å²) in [4.78, 5) is 0. The van der Waals surface area contributed by atoms with Crippen LogP contribution in [0.3, 0.4) is 0 Å². The van der Waals surface area contributed by atoms with Crippen LogP contribution < -0.4 is 0 Å². The molecule has 1 N–H and O–H groups in total. The van der Waals surface area contributed by atoms with Crippen molar-refractivity contribution >= 4 is 0 Å². The van der Waals surface area contributed by atoms with Gasteiger partial charge in [-0.25, -0.2) is 0 Å². The van der Waals surface area contributed by atoms with Crippen molar-refractivity contribution in [3.8, 4) is 0 Å². The summed E-state index contributed by atoms with van der Waals surface area (Å²) in [5.74, 6) is 2.55. The highest BCUT2D eigenvalue weighted by Gasteiger charge is 2.36. The number of aliphatic hydroxyl groups excluding tert-OH is 1. The van der Waals surface area contributed by atoms with Crippen LogP contribution in [-0.4, -0.2) is 11.7 Å². The predicted octanol–water partition coefficient (Wildman–Crippen LogP) is 2.20. The first kappa shape index (κ1) is 7.60. The Morgan fingerprint density at radius 1 is 1.00 bits per heavy atom. The molecule has 0 amide bonds. The lowest BCUT2D eigenvalue weighted by molar-refractivity contribution is 0.152. The zero-order chi connectivity index (χ0) is 7.68. The van der Waals surface area contributed by atoms with Gasteiger partial charge in [-0.2, -0.15) is 0 Å². The maximum atomic E-state index is 9.10. The van der Waals surface area contributed by atoms with Crippen LogP contribution in [0.1, 0.15) is 38.5 Å². The van der Waals surface area contributed by atoms with E-state index in [4.69, 9.17) is 5.11 Å². The number of aliphatic hydroxyl groups is 1. The van der Waals surface area contributed by atoms with Crippen molar-refractivity contribution in [3.05, 3.63) is 0 Å². The molecule has 0 aromatic carbocycles. The minimum Gasteiger partial charge on any atom is -0.396 e. The molecule has 1 heteroatoms. The van der Waals surface area contributed by atoms with E-state index in [1.165, 1.54) is 38.5 Å². The normalized spacial score (nSPS) is 43.9. The van der Waals surface area contributed by atoms with Gasteiger partial charge in [0.15, 0.2) is 0 Å². The van der Waals surface area contributed by atoms with Gasteiger partial charge in [-0.3, -0.25) is 0 Å². The first-order chi connectivity index (χ1) is 5.42. The molecule has 2 saturated carbocycles. The molecule has 0 aromatic heterocycles. The van der Waals surface area contributed by atoms with Gasteiger partial charge >= 0.3 is 0 Å². The highest BCUT2D eigenvalue weighted by atomic mass is 16.3. The molecule has 64 valence electrons. The van der Waals surface area contributed by atoms with Crippen molar-refractivity contribution in [2.45, 2.75) is 38.5 Å². The maximum absolute atomic E-state index is 9.10. The minimum absolute atomic E-state index is 0.446. The van der Waals surface area contributed by atoms with E-state index in [0.29, 0.717) is 12.5 Å². The Morgan fingerprint density at radius 3 is 2.64 bits per heavy atom. The molecule has 0 spiro atoms. The van der Waals surface area contributed by atoms with E-state index in [1.807, 2.05) is 0 Å². The molecule has 3 atom stereocenters. The summed E-state index contributed by atoms with van der Waals surface area (Å²) in [6, 6.07) is 0. The third kappa shape index (κ3) is 1.31. The zero-order valence-electron chi connectivity index (χ0n) is 7.13. The summed E-state index contributed by atoms with van der Waals surface area (Å²) < 4.78 is 0. The molecule has 0 saturated heterocycles. The Morgan fingerprint density at radius 2 is 1.82 bits per heavy atom. The lowest BCUT2D eigenvalue weighted by atomic mass is 9.78. The van der Waals surface area contributed by atoms with Crippen molar-refractivity contribution in [3.63, 3.8) is 0 Å². The lowest BCUT2D eigenvalue weighted by Crippen LogP contribution is -2.21. The quantitative estimate of drug-likeness (QED) is 0.614. The van der Waals surface area contributed by atoms with E-state index in [9.17, 15) is 0 Å². The molecular weight excluding hydrogens is 136 g/mol. The molecule has 11 heavy (non-hydrogen) atoms. The molecule has 0 aliphatic heterocycles. The Labute approximate surface area is 68.8 Å². The van der Waals surface area contributed by atoms with Crippen LogP contribution in [0.5, 0.6) is 0 Å². The molecule has 2 rings (SSSR count). The number of fused-ring (bicyclic) bond motifs is 1. The van der Waals surface area contributed by atoms with Gasteiger partial charge in [0.2, 0.25) is 0 Å². The van der Waals surface area contributed by atoms with Gasteiger partial charge in [0, 0.05) is 6.61 Å². The van der Waals surface area contributed by atoms with Crippen LogP contribution in [0.2, 0.25) is 0 Å².